The third-order valence-electron chi connectivity index (χ3n) is 4.97. The molecule has 6 nitrogen and oxygen atoms in total. The number of aromatic nitrogens is 2. The molecule has 6 heteroatoms. The highest BCUT2D eigenvalue weighted by Crippen LogP contribution is 2.23. The Hall–Kier alpha value is -2.34. The van der Waals surface area contributed by atoms with Crippen LogP contribution in [0, 0.1) is 0 Å². The van der Waals surface area contributed by atoms with Gasteiger partial charge in [-0.15, -0.1) is 0 Å². The molecule has 0 radical (unpaired) electrons. The molecule has 1 N–H and O–H groups in total. The highest BCUT2D eigenvalue weighted by Gasteiger charge is 2.14. The van der Waals surface area contributed by atoms with Crippen molar-refractivity contribution in [3.63, 3.8) is 0 Å². The highest BCUT2D eigenvalue weighted by atomic mass is 15.2. The van der Waals surface area contributed by atoms with Gasteiger partial charge in [-0.05, 0) is 44.2 Å². The van der Waals surface area contributed by atoms with Gasteiger partial charge in [-0.25, -0.2) is 9.97 Å². The van der Waals surface area contributed by atoms with Gasteiger partial charge in [0.25, 0.3) is 0 Å². The predicted molar refractivity (Wildman–Crippen MR) is 114 cm³/mol. The van der Waals surface area contributed by atoms with Crippen LogP contribution in [0.2, 0.25) is 0 Å². The summed E-state index contributed by atoms with van der Waals surface area (Å²) < 4.78 is 0. The monoisotopic (exact) mass is 368 g/mol. The number of nitrogens with one attached hydrogen (secondary N) is 1. The Bertz CT molecular complexity index is 688. The molecule has 0 unspecified atom stereocenters. The summed E-state index contributed by atoms with van der Waals surface area (Å²) in [6.45, 7) is 10.8. The lowest BCUT2D eigenvalue weighted by Gasteiger charge is -2.34. The van der Waals surface area contributed by atoms with E-state index in [1.165, 1.54) is 5.69 Å². The maximum Gasteiger partial charge on any atom is 0.135 e. The third kappa shape index (κ3) is 5.32. The molecule has 1 saturated heterocycles. The van der Waals surface area contributed by atoms with Crippen molar-refractivity contribution in [3.05, 3.63) is 36.7 Å². The van der Waals surface area contributed by atoms with Gasteiger partial charge in [-0.2, -0.15) is 0 Å². The van der Waals surface area contributed by atoms with E-state index in [0.29, 0.717) is 0 Å². The Labute approximate surface area is 163 Å². The molecule has 3 rings (SSSR count). The van der Waals surface area contributed by atoms with Gasteiger partial charge in [-0.1, -0.05) is 13.8 Å². The molecule has 2 heterocycles. The highest BCUT2D eigenvalue weighted by molar-refractivity contribution is 5.62. The molecule has 2 aromatic rings. The van der Waals surface area contributed by atoms with Crippen molar-refractivity contribution in [2.24, 2.45) is 0 Å². The zero-order chi connectivity index (χ0) is 19.1. The molecule has 0 amide bonds. The Morgan fingerprint density at radius 3 is 2.26 bits per heavy atom. The van der Waals surface area contributed by atoms with Crippen LogP contribution in [0.4, 0.5) is 23.0 Å². The fourth-order valence-electron chi connectivity index (χ4n) is 3.44. The summed E-state index contributed by atoms with van der Waals surface area (Å²) in [6.07, 6.45) is 3.87. The van der Waals surface area contributed by atoms with Crippen molar-refractivity contribution in [2.45, 2.75) is 26.7 Å². The molecule has 0 bridgehead atoms. The van der Waals surface area contributed by atoms with Gasteiger partial charge >= 0.3 is 0 Å². The van der Waals surface area contributed by atoms with E-state index in [-0.39, 0.29) is 0 Å². The second kappa shape index (κ2) is 9.55. The van der Waals surface area contributed by atoms with Gasteiger partial charge in [0.1, 0.15) is 18.0 Å². The minimum Gasteiger partial charge on any atom is -0.369 e. The lowest BCUT2D eigenvalue weighted by Crippen LogP contribution is -2.44. The SMILES string of the molecule is CCCN(CCC)c1cc(Nc2ccc(N3CCN(C)CC3)cc2)ncn1. The maximum atomic E-state index is 4.46. The Morgan fingerprint density at radius 2 is 1.63 bits per heavy atom. The van der Waals surface area contributed by atoms with Crippen LogP contribution in [0.5, 0.6) is 0 Å². The number of rotatable bonds is 8. The van der Waals surface area contributed by atoms with Gasteiger partial charge in [0.05, 0.1) is 0 Å². The van der Waals surface area contributed by atoms with E-state index in [1.807, 2.05) is 6.07 Å². The summed E-state index contributed by atoms with van der Waals surface area (Å²) in [5.74, 6) is 1.83. The summed E-state index contributed by atoms with van der Waals surface area (Å²) in [5, 5.41) is 3.42. The standard InChI is InChI=1S/C21H32N6/c1-4-10-27(11-5-2)21-16-20(22-17-23-21)24-18-6-8-19(9-7-18)26-14-12-25(3)13-15-26/h6-9,16-17H,4-5,10-15H2,1-3H3,(H,22,23,24). The van der Waals surface area contributed by atoms with E-state index in [1.54, 1.807) is 6.33 Å². The molecule has 1 aliphatic heterocycles. The second-order valence-electron chi connectivity index (χ2n) is 7.21. The number of piperazine rings is 1. The van der Waals surface area contributed by atoms with E-state index in [4.69, 9.17) is 0 Å². The number of likely N-dealkylation sites (N-methyl/N-ethyl adjacent to an activating group) is 1. The lowest BCUT2D eigenvalue weighted by molar-refractivity contribution is 0.313. The van der Waals surface area contributed by atoms with Crippen LogP contribution in [0.1, 0.15) is 26.7 Å². The van der Waals surface area contributed by atoms with Crippen molar-refractivity contribution >= 4 is 23.0 Å². The number of benzene rings is 1. The van der Waals surface area contributed by atoms with E-state index in [2.05, 4.69) is 75.1 Å². The molecule has 0 saturated carbocycles. The van der Waals surface area contributed by atoms with Crippen molar-refractivity contribution in [2.75, 3.05) is 61.4 Å². The van der Waals surface area contributed by atoms with Crippen LogP contribution >= 0.6 is 0 Å². The summed E-state index contributed by atoms with van der Waals surface area (Å²) in [4.78, 5) is 16.0. The largest absolute Gasteiger partial charge is 0.369 e. The van der Waals surface area contributed by atoms with Crippen LogP contribution in [0.3, 0.4) is 0 Å². The average Bonchev–Trinajstić information content (AvgIpc) is 2.69. The molecule has 27 heavy (non-hydrogen) atoms. The Morgan fingerprint density at radius 1 is 0.963 bits per heavy atom. The molecule has 1 fully saturated rings. The molecule has 0 spiro atoms. The molecular weight excluding hydrogens is 336 g/mol. The maximum absolute atomic E-state index is 4.46. The van der Waals surface area contributed by atoms with Crippen LogP contribution in [-0.2, 0) is 0 Å². The molecular formula is C21H32N6. The first kappa shape index (κ1) is 19.4. The van der Waals surface area contributed by atoms with Crippen molar-refractivity contribution < 1.29 is 0 Å². The van der Waals surface area contributed by atoms with E-state index in [9.17, 15) is 0 Å². The first-order valence-electron chi connectivity index (χ1n) is 10.1. The minimum absolute atomic E-state index is 0.838. The minimum atomic E-state index is 0.838. The van der Waals surface area contributed by atoms with Crippen LogP contribution in [-0.4, -0.2) is 61.2 Å². The topological polar surface area (TPSA) is 47.5 Å². The smallest absolute Gasteiger partial charge is 0.135 e. The summed E-state index contributed by atoms with van der Waals surface area (Å²) in [5.41, 5.74) is 2.34. The van der Waals surface area contributed by atoms with Gasteiger partial charge in [0, 0.05) is 56.7 Å². The van der Waals surface area contributed by atoms with Gasteiger partial charge in [-0.3, -0.25) is 0 Å². The Kier molecular flexibility index (Phi) is 6.87. The zero-order valence-electron chi connectivity index (χ0n) is 16.9. The van der Waals surface area contributed by atoms with Gasteiger partial charge in [0.15, 0.2) is 0 Å². The molecule has 0 atom stereocenters. The first-order chi connectivity index (χ1) is 13.2. The second-order valence-corrected chi connectivity index (χ2v) is 7.21. The number of nitrogens with zero attached hydrogens (tertiary/aromatic N) is 5. The molecule has 0 aliphatic carbocycles. The molecule has 1 aromatic carbocycles. The van der Waals surface area contributed by atoms with Crippen LogP contribution in [0.15, 0.2) is 36.7 Å². The number of anilines is 4. The summed E-state index contributed by atoms with van der Waals surface area (Å²) in [7, 11) is 2.18. The quantitative estimate of drug-likeness (QED) is 0.768. The van der Waals surface area contributed by atoms with Crippen LogP contribution < -0.4 is 15.1 Å². The number of hydrogen-bond donors (Lipinski definition) is 1. The predicted octanol–water partition coefficient (Wildman–Crippen LogP) is 3.60. The molecule has 146 valence electrons. The number of hydrogen-bond acceptors (Lipinski definition) is 6. The first-order valence-corrected chi connectivity index (χ1v) is 10.1. The normalized spacial score (nSPS) is 15.0. The van der Waals surface area contributed by atoms with Crippen molar-refractivity contribution in [3.8, 4) is 0 Å². The average molecular weight is 369 g/mol. The van der Waals surface area contributed by atoms with Gasteiger partial charge < -0.3 is 20.0 Å². The molecule has 1 aliphatic rings. The van der Waals surface area contributed by atoms with E-state index >= 15 is 0 Å². The fraction of sp³-hybridized carbons (Fsp3) is 0.524. The van der Waals surface area contributed by atoms with E-state index < -0.39 is 0 Å². The summed E-state index contributed by atoms with van der Waals surface area (Å²) >= 11 is 0. The lowest BCUT2D eigenvalue weighted by atomic mass is 10.2. The van der Waals surface area contributed by atoms with Gasteiger partial charge in [0.2, 0.25) is 0 Å². The van der Waals surface area contributed by atoms with Crippen molar-refractivity contribution in [1.82, 2.24) is 14.9 Å². The van der Waals surface area contributed by atoms with Crippen LogP contribution in [0.25, 0.3) is 0 Å². The third-order valence-corrected chi connectivity index (χ3v) is 4.97. The van der Waals surface area contributed by atoms with E-state index in [0.717, 1.165) is 69.4 Å². The van der Waals surface area contributed by atoms with Crippen molar-refractivity contribution in [1.29, 1.82) is 0 Å². The fourth-order valence-corrected chi connectivity index (χ4v) is 3.44. The molecule has 1 aromatic heterocycles. The zero-order valence-corrected chi connectivity index (χ0v) is 16.9. The Balaban J connectivity index is 1.65. The summed E-state index contributed by atoms with van der Waals surface area (Å²) in [6, 6.07) is 10.7.